The van der Waals surface area contributed by atoms with E-state index in [1.54, 1.807) is 13.0 Å². The van der Waals surface area contributed by atoms with Crippen LogP contribution < -0.4 is 5.32 Å². The molecule has 0 amide bonds. The van der Waals surface area contributed by atoms with E-state index >= 15 is 0 Å². The maximum Gasteiger partial charge on any atom is 0.307 e. The van der Waals surface area contributed by atoms with E-state index in [0.717, 1.165) is 5.69 Å². The molecule has 0 bridgehead atoms. The molecule has 0 aliphatic heterocycles. The van der Waals surface area contributed by atoms with Gasteiger partial charge in [-0.1, -0.05) is 5.16 Å². The number of carbonyl (C=O) groups excluding carboxylic acids is 1. The molecule has 0 fully saturated rings. The van der Waals surface area contributed by atoms with E-state index in [4.69, 9.17) is 4.74 Å². The molecule has 0 atom stereocenters. The van der Waals surface area contributed by atoms with Crippen LogP contribution in [0.5, 0.6) is 0 Å². The summed E-state index contributed by atoms with van der Waals surface area (Å²) in [4.78, 5) is 10.9. The fourth-order valence-electron chi connectivity index (χ4n) is 0.969. The average Bonchev–Trinajstić information content (AvgIpc) is 2.65. The van der Waals surface area contributed by atoms with Crippen LogP contribution in [0.3, 0.4) is 0 Å². The average molecular weight is 198 g/mol. The highest BCUT2D eigenvalue weighted by Crippen LogP contribution is 1.93. The van der Waals surface area contributed by atoms with Crippen LogP contribution in [0.1, 0.15) is 19.0 Å². The molecule has 0 aromatic carbocycles. The van der Waals surface area contributed by atoms with Crippen molar-refractivity contribution in [3.63, 3.8) is 0 Å². The Hall–Kier alpha value is -1.36. The number of carbonyl (C=O) groups is 1. The van der Waals surface area contributed by atoms with Crippen molar-refractivity contribution in [1.82, 2.24) is 10.5 Å². The predicted octanol–water partition coefficient (Wildman–Crippen LogP) is 0.717. The molecule has 1 rings (SSSR count). The molecule has 0 saturated heterocycles. The van der Waals surface area contributed by atoms with Crippen LogP contribution in [-0.2, 0) is 16.1 Å². The van der Waals surface area contributed by atoms with Crippen LogP contribution in [0.25, 0.3) is 0 Å². The van der Waals surface area contributed by atoms with Crippen LogP contribution in [0.15, 0.2) is 16.9 Å². The maximum absolute atomic E-state index is 10.9. The number of aromatic nitrogens is 1. The van der Waals surface area contributed by atoms with Gasteiger partial charge >= 0.3 is 5.97 Å². The third kappa shape index (κ3) is 4.04. The number of hydrogen-bond donors (Lipinski definition) is 1. The molecular weight excluding hydrogens is 184 g/mol. The number of hydrogen-bond acceptors (Lipinski definition) is 5. The van der Waals surface area contributed by atoms with Crippen molar-refractivity contribution in [3.05, 3.63) is 18.0 Å². The molecule has 5 nitrogen and oxygen atoms in total. The highest BCUT2D eigenvalue weighted by Gasteiger charge is 2.01. The van der Waals surface area contributed by atoms with Gasteiger partial charge in [0.1, 0.15) is 6.26 Å². The van der Waals surface area contributed by atoms with Crippen LogP contribution in [0.4, 0.5) is 0 Å². The molecule has 78 valence electrons. The SMILES string of the molecule is CCOC(=O)CCNCc1ccon1. The zero-order valence-electron chi connectivity index (χ0n) is 8.16. The summed E-state index contributed by atoms with van der Waals surface area (Å²) in [7, 11) is 0. The van der Waals surface area contributed by atoms with Gasteiger partial charge in [-0.3, -0.25) is 4.79 Å². The zero-order valence-corrected chi connectivity index (χ0v) is 8.16. The van der Waals surface area contributed by atoms with Crippen molar-refractivity contribution in [2.75, 3.05) is 13.2 Å². The molecule has 0 aliphatic carbocycles. The minimum atomic E-state index is -0.180. The molecule has 0 spiro atoms. The molecule has 1 N–H and O–H groups in total. The molecule has 0 aliphatic rings. The van der Waals surface area contributed by atoms with E-state index in [-0.39, 0.29) is 5.97 Å². The second-order valence-electron chi connectivity index (χ2n) is 2.72. The van der Waals surface area contributed by atoms with E-state index < -0.39 is 0 Å². The summed E-state index contributed by atoms with van der Waals surface area (Å²) in [5.41, 5.74) is 0.828. The lowest BCUT2D eigenvalue weighted by Crippen LogP contribution is -2.19. The first-order valence-corrected chi connectivity index (χ1v) is 4.58. The number of esters is 1. The first-order chi connectivity index (χ1) is 6.83. The molecule has 1 aromatic rings. The highest BCUT2D eigenvalue weighted by atomic mass is 16.5. The Morgan fingerprint density at radius 2 is 2.57 bits per heavy atom. The molecule has 14 heavy (non-hydrogen) atoms. The van der Waals surface area contributed by atoms with Gasteiger partial charge in [-0.25, -0.2) is 0 Å². The third-order valence-corrected chi connectivity index (χ3v) is 1.61. The van der Waals surface area contributed by atoms with E-state index in [9.17, 15) is 4.79 Å². The van der Waals surface area contributed by atoms with Crippen LogP contribution >= 0.6 is 0 Å². The fraction of sp³-hybridized carbons (Fsp3) is 0.556. The Balaban J connectivity index is 2.02. The molecule has 1 heterocycles. The van der Waals surface area contributed by atoms with Crippen molar-refractivity contribution in [2.45, 2.75) is 19.9 Å². The Labute approximate surface area is 82.4 Å². The summed E-state index contributed by atoms with van der Waals surface area (Å²) in [6.45, 7) is 3.42. The number of rotatable bonds is 6. The normalized spacial score (nSPS) is 10.1. The Kier molecular flexibility index (Phi) is 4.71. The Bertz CT molecular complexity index is 259. The highest BCUT2D eigenvalue weighted by molar-refractivity contribution is 5.69. The van der Waals surface area contributed by atoms with E-state index in [1.165, 1.54) is 6.26 Å². The van der Waals surface area contributed by atoms with Gasteiger partial charge in [-0.15, -0.1) is 0 Å². The molecule has 5 heteroatoms. The van der Waals surface area contributed by atoms with Gasteiger partial charge in [0.2, 0.25) is 0 Å². The smallest absolute Gasteiger partial charge is 0.307 e. The number of ether oxygens (including phenoxy) is 1. The van der Waals surface area contributed by atoms with Crippen LogP contribution in [-0.4, -0.2) is 24.3 Å². The van der Waals surface area contributed by atoms with Gasteiger partial charge in [0.25, 0.3) is 0 Å². The maximum atomic E-state index is 10.9. The summed E-state index contributed by atoms with van der Waals surface area (Å²) in [5, 5.41) is 6.77. The summed E-state index contributed by atoms with van der Waals surface area (Å²) in [6, 6.07) is 1.78. The van der Waals surface area contributed by atoms with Crippen LogP contribution in [0, 0.1) is 0 Å². The molecule has 0 radical (unpaired) electrons. The standard InChI is InChI=1S/C9H14N2O3/c1-2-13-9(12)3-5-10-7-8-4-6-14-11-8/h4,6,10H,2-3,5,7H2,1H3. The minimum Gasteiger partial charge on any atom is -0.466 e. The van der Waals surface area contributed by atoms with Gasteiger partial charge in [-0.05, 0) is 6.92 Å². The Morgan fingerprint density at radius 3 is 3.21 bits per heavy atom. The molecular formula is C9H14N2O3. The van der Waals surface area contributed by atoms with E-state index in [1.807, 2.05) is 0 Å². The number of nitrogens with zero attached hydrogens (tertiary/aromatic N) is 1. The molecule has 0 unspecified atom stereocenters. The van der Waals surface area contributed by atoms with Gasteiger partial charge in [0.15, 0.2) is 0 Å². The van der Waals surface area contributed by atoms with Gasteiger partial charge < -0.3 is 14.6 Å². The Morgan fingerprint density at radius 1 is 1.71 bits per heavy atom. The van der Waals surface area contributed by atoms with Gasteiger partial charge in [0, 0.05) is 19.2 Å². The van der Waals surface area contributed by atoms with Crippen molar-refractivity contribution >= 4 is 5.97 Å². The lowest BCUT2D eigenvalue weighted by atomic mass is 10.4. The molecule has 1 aromatic heterocycles. The predicted molar refractivity (Wildman–Crippen MR) is 49.5 cm³/mol. The first-order valence-electron chi connectivity index (χ1n) is 4.58. The molecule has 0 saturated carbocycles. The lowest BCUT2D eigenvalue weighted by molar-refractivity contribution is -0.142. The van der Waals surface area contributed by atoms with E-state index in [2.05, 4.69) is 15.0 Å². The summed E-state index contributed by atoms with van der Waals surface area (Å²) in [6.07, 6.45) is 1.90. The number of nitrogens with one attached hydrogen (secondary N) is 1. The minimum absolute atomic E-state index is 0.180. The van der Waals surface area contributed by atoms with Crippen molar-refractivity contribution < 1.29 is 14.1 Å². The fourth-order valence-corrected chi connectivity index (χ4v) is 0.969. The van der Waals surface area contributed by atoms with Crippen LogP contribution in [0.2, 0.25) is 0 Å². The summed E-state index contributed by atoms with van der Waals surface area (Å²) in [5.74, 6) is -0.180. The monoisotopic (exact) mass is 198 g/mol. The lowest BCUT2D eigenvalue weighted by Gasteiger charge is -2.02. The second kappa shape index (κ2) is 6.15. The quantitative estimate of drug-likeness (QED) is 0.539. The third-order valence-electron chi connectivity index (χ3n) is 1.61. The topological polar surface area (TPSA) is 64.4 Å². The summed E-state index contributed by atoms with van der Waals surface area (Å²) < 4.78 is 9.42. The first kappa shape index (κ1) is 10.7. The van der Waals surface area contributed by atoms with Gasteiger partial charge in [0.05, 0.1) is 18.7 Å². The summed E-state index contributed by atoms with van der Waals surface area (Å²) >= 11 is 0. The van der Waals surface area contributed by atoms with Crippen molar-refractivity contribution in [1.29, 1.82) is 0 Å². The van der Waals surface area contributed by atoms with E-state index in [0.29, 0.717) is 26.1 Å². The second-order valence-corrected chi connectivity index (χ2v) is 2.72. The zero-order chi connectivity index (χ0) is 10.2. The largest absolute Gasteiger partial charge is 0.466 e. The van der Waals surface area contributed by atoms with Crippen molar-refractivity contribution in [3.8, 4) is 0 Å². The van der Waals surface area contributed by atoms with Crippen molar-refractivity contribution in [2.24, 2.45) is 0 Å². The van der Waals surface area contributed by atoms with Gasteiger partial charge in [-0.2, -0.15) is 0 Å².